The van der Waals surface area contributed by atoms with E-state index in [4.69, 9.17) is 5.73 Å². The van der Waals surface area contributed by atoms with E-state index in [0.717, 1.165) is 5.69 Å². The first-order chi connectivity index (χ1) is 14.2. The van der Waals surface area contributed by atoms with Crippen molar-refractivity contribution in [3.05, 3.63) is 72.8 Å². The smallest absolute Gasteiger partial charge is 0.275 e. The van der Waals surface area contributed by atoms with Gasteiger partial charge in [-0.1, -0.05) is 0 Å². The summed E-state index contributed by atoms with van der Waals surface area (Å²) in [6.07, 6.45) is 9.08. The topological polar surface area (TPSA) is 149 Å². The van der Waals surface area contributed by atoms with E-state index >= 15 is 0 Å². The Labute approximate surface area is 165 Å². The zero-order valence-corrected chi connectivity index (χ0v) is 15.1. The van der Waals surface area contributed by atoms with Crippen LogP contribution in [0.15, 0.2) is 61.4 Å². The van der Waals surface area contributed by atoms with Crippen LogP contribution in [0.25, 0.3) is 5.82 Å². The Hall–Kier alpha value is -4.41. The van der Waals surface area contributed by atoms with E-state index in [1.54, 1.807) is 30.6 Å². The van der Waals surface area contributed by atoms with Crippen molar-refractivity contribution in [1.82, 2.24) is 34.9 Å². The molecule has 0 unspecified atom stereocenters. The summed E-state index contributed by atoms with van der Waals surface area (Å²) in [6.45, 7) is 0.422. The standard InChI is InChI=1S/C18H16N10O/c19-17-14(2-1-4-21-17)22-9-13-8-12(3-5-20-13)27-18(29)15-10-24-16(11-23-15)28-25-6-7-26-28/h1-8,10-11,22H,9H2,(H2,19,21)(H,20,27,29). The molecule has 0 atom stereocenters. The van der Waals surface area contributed by atoms with Gasteiger partial charge in [-0.25, -0.2) is 15.0 Å². The van der Waals surface area contributed by atoms with Gasteiger partial charge in [0.15, 0.2) is 5.82 Å². The fourth-order valence-corrected chi connectivity index (χ4v) is 2.48. The van der Waals surface area contributed by atoms with Crippen molar-refractivity contribution in [2.24, 2.45) is 0 Å². The fourth-order valence-electron chi connectivity index (χ4n) is 2.48. The molecule has 4 aromatic heterocycles. The van der Waals surface area contributed by atoms with Crippen LogP contribution in [0.5, 0.6) is 0 Å². The summed E-state index contributed by atoms with van der Waals surface area (Å²) < 4.78 is 0. The summed E-state index contributed by atoms with van der Waals surface area (Å²) in [5.41, 5.74) is 8.00. The molecule has 4 N–H and O–H groups in total. The van der Waals surface area contributed by atoms with Crippen LogP contribution < -0.4 is 16.4 Å². The monoisotopic (exact) mass is 388 g/mol. The third kappa shape index (κ3) is 4.30. The maximum atomic E-state index is 12.4. The van der Waals surface area contributed by atoms with Crippen LogP contribution in [-0.4, -0.2) is 40.8 Å². The van der Waals surface area contributed by atoms with Crippen molar-refractivity contribution in [1.29, 1.82) is 0 Å². The summed E-state index contributed by atoms with van der Waals surface area (Å²) in [7, 11) is 0. The molecule has 29 heavy (non-hydrogen) atoms. The summed E-state index contributed by atoms with van der Waals surface area (Å²) in [5, 5.41) is 13.9. The molecule has 11 nitrogen and oxygen atoms in total. The Kier molecular flexibility index (Phi) is 5.01. The molecule has 0 aliphatic carbocycles. The average molecular weight is 388 g/mol. The van der Waals surface area contributed by atoms with Crippen molar-refractivity contribution in [3.63, 3.8) is 0 Å². The largest absolute Gasteiger partial charge is 0.382 e. The van der Waals surface area contributed by atoms with Crippen molar-refractivity contribution < 1.29 is 4.79 Å². The van der Waals surface area contributed by atoms with Gasteiger partial charge in [-0.3, -0.25) is 9.78 Å². The first-order valence-corrected chi connectivity index (χ1v) is 8.58. The lowest BCUT2D eigenvalue weighted by atomic mass is 10.3. The van der Waals surface area contributed by atoms with E-state index in [1.165, 1.54) is 29.6 Å². The zero-order valence-electron chi connectivity index (χ0n) is 15.1. The first-order valence-electron chi connectivity index (χ1n) is 8.58. The van der Waals surface area contributed by atoms with Gasteiger partial charge in [0, 0.05) is 18.1 Å². The van der Waals surface area contributed by atoms with E-state index in [9.17, 15) is 4.79 Å². The number of carbonyl (C=O) groups is 1. The van der Waals surface area contributed by atoms with Crippen molar-refractivity contribution in [3.8, 4) is 5.82 Å². The maximum Gasteiger partial charge on any atom is 0.275 e. The highest BCUT2D eigenvalue weighted by atomic mass is 16.1. The van der Waals surface area contributed by atoms with E-state index in [0.29, 0.717) is 29.6 Å². The average Bonchev–Trinajstić information content (AvgIpc) is 3.28. The number of amides is 1. The quantitative estimate of drug-likeness (QED) is 0.444. The highest BCUT2D eigenvalue weighted by Crippen LogP contribution is 2.16. The summed E-state index contributed by atoms with van der Waals surface area (Å²) in [4.78, 5) is 30.3. The lowest BCUT2D eigenvalue weighted by molar-refractivity contribution is 0.102. The molecule has 0 radical (unpaired) electrons. The molecule has 1 amide bonds. The van der Waals surface area contributed by atoms with E-state index in [-0.39, 0.29) is 11.6 Å². The first kappa shape index (κ1) is 18.0. The molecule has 144 valence electrons. The second-order valence-corrected chi connectivity index (χ2v) is 5.86. The Morgan fingerprint density at radius 2 is 1.86 bits per heavy atom. The number of nitrogens with zero attached hydrogens (tertiary/aromatic N) is 7. The molecule has 0 saturated carbocycles. The second-order valence-electron chi connectivity index (χ2n) is 5.86. The molecular formula is C18H16N10O. The predicted molar refractivity (Wildman–Crippen MR) is 105 cm³/mol. The van der Waals surface area contributed by atoms with Crippen molar-refractivity contribution in [2.45, 2.75) is 6.54 Å². The lowest BCUT2D eigenvalue weighted by Gasteiger charge is -2.09. The summed E-state index contributed by atoms with van der Waals surface area (Å²) in [6, 6.07) is 7.06. The number of nitrogen functional groups attached to an aromatic ring is 1. The van der Waals surface area contributed by atoms with Gasteiger partial charge in [0.25, 0.3) is 5.91 Å². The normalized spacial score (nSPS) is 10.5. The highest BCUT2D eigenvalue weighted by molar-refractivity contribution is 6.02. The number of nitrogens with one attached hydrogen (secondary N) is 2. The predicted octanol–water partition coefficient (Wildman–Crippen LogP) is 1.29. The van der Waals surface area contributed by atoms with Gasteiger partial charge in [0.1, 0.15) is 11.5 Å². The lowest BCUT2D eigenvalue weighted by Crippen LogP contribution is -2.15. The van der Waals surface area contributed by atoms with Crippen LogP contribution in [0, 0.1) is 0 Å². The molecule has 0 spiro atoms. The molecule has 4 aromatic rings. The van der Waals surface area contributed by atoms with E-state index in [1.807, 2.05) is 6.07 Å². The number of nitrogens with two attached hydrogens (primary N) is 1. The van der Waals surface area contributed by atoms with Gasteiger partial charge < -0.3 is 16.4 Å². The Morgan fingerprint density at radius 3 is 2.62 bits per heavy atom. The van der Waals surface area contributed by atoms with Crippen molar-refractivity contribution in [2.75, 3.05) is 16.4 Å². The van der Waals surface area contributed by atoms with Crippen LogP contribution in [0.3, 0.4) is 0 Å². The van der Waals surface area contributed by atoms with Gasteiger partial charge in [-0.2, -0.15) is 10.2 Å². The molecule has 4 rings (SSSR count). The van der Waals surface area contributed by atoms with Gasteiger partial charge in [-0.05, 0) is 24.3 Å². The highest BCUT2D eigenvalue weighted by Gasteiger charge is 2.10. The number of pyridine rings is 2. The number of carbonyl (C=O) groups excluding carboxylic acids is 1. The minimum atomic E-state index is -0.390. The third-order valence-electron chi connectivity index (χ3n) is 3.87. The van der Waals surface area contributed by atoms with Crippen LogP contribution in [0.2, 0.25) is 0 Å². The van der Waals surface area contributed by atoms with Gasteiger partial charge in [0.2, 0.25) is 0 Å². The minimum Gasteiger partial charge on any atom is -0.382 e. The minimum absolute atomic E-state index is 0.167. The molecule has 0 aliphatic rings. The van der Waals surface area contributed by atoms with Gasteiger partial charge >= 0.3 is 0 Å². The number of anilines is 3. The molecule has 0 saturated heterocycles. The Morgan fingerprint density at radius 1 is 1.00 bits per heavy atom. The van der Waals surface area contributed by atoms with Crippen LogP contribution in [0.1, 0.15) is 16.2 Å². The Bertz CT molecular complexity index is 1110. The van der Waals surface area contributed by atoms with E-state index in [2.05, 4.69) is 40.8 Å². The summed E-state index contributed by atoms with van der Waals surface area (Å²) >= 11 is 0. The summed E-state index contributed by atoms with van der Waals surface area (Å²) in [5.74, 6) is 0.432. The number of hydrogen-bond donors (Lipinski definition) is 3. The molecule has 0 bridgehead atoms. The Balaban J connectivity index is 1.41. The zero-order chi connectivity index (χ0) is 20.1. The van der Waals surface area contributed by atoms with Crippen LogP contribution in [0.4, 0.5) is 17.2 Å². The molecule has 11 heteroatoms. The molecule has 4 heterocycles. The fraction of sp³-hybridized carbons (Fsp3) is 0.0556. The van der Waals surface area contributed by atoms with Crippen molar-refractivity contribution >= 4 is 23.1 Å². The molecular weight excluding hydrogens is 372 g/mol. The van der Waals surface area contributed by atoms with Crippen LogP contribution in [-0.2, 0) is 6.54 Å². The second kappa shape index (κ2) is 8.08. The number of aromatic nitrogens is 7. The SMILES string of the molecule is Nc1ncccc1NCc1cc(NC(=O)c2cnc(-n3nccn3)cn2)ccn1. The maximum absolute atomic E-state index is 12.4. The van der Waals surface area contributed by atoms with Gasteiger partial charge in [-0.15, -0.1) is 4.80 Å². The third-order valence-corrected chi connectivity index (χ3v) is 3.87. The molecule has 0 aliphatic heterocycles. The number of rotatable bonds is 6. The van der Waals surface area contributed by atoms with Crippen LogP contribution >= 0.6 is 0 Å². The van der Waals surface area contributed by atoms with E-state index < -0.39 is 0 Å². The molecule has 0 aromatic carbocycles. The number of hydrogen-bond acceptors (Lipinski definition) is 9. The molecule has 0 fully saturated rings. The van der Waals surface area contributed by atoms with Gasteiger partial charge in [0.05, 0.1) is 42.7 Å².